The monoisotopic (exact) mass is 490 g/mol. The Kier molecular flexibility index (Phi) is 5.73. The molecule has 0 unspecified atom stereocenters. The number of fused-ring (bicyclic) bond motifs is 1. The summed E-state index contributed by atoms with van der Waals surface area (Å²) < 4.78 is 28.8. The van der Waals surface area contributed by atoms with Crippen LogP contribution in [0.2, 0.25) is 0 Å². The van der Waals surface area contributed by atoms with Crippen LogP contribution in [0.1, 0.15) is 18.4 Å². The zero-order valence-corrected chi connectivity index (χ0v) is 19.3. The first kappa shape index (κ1) is 22.6. The fraction of sp³-hybridized carbons (Fsp3) is 0.160. The molecule has 10 heteroatoms. The maximum absolute atomic E-state index is 13.1. The molecule has 3 aromatic carbocycles. The van der Waals surface area contributed by atoms with E-state index in [9.17, 15) is 22.8 Å². The van der Waals surface area contributed by atoms with E-state index >= 15 is 0 Å². The molecule has 3 N–H and O–H groups in total. The van der Waals surface area contributed by atoms with E-state index in [1.165, 1.54) is 12.1 Å². The summed E-state index contributed by atoms with van der Waals surface area (Å²) in [7, 11) is -3.79. The summed E-state index contributed by atoms with van der Waals surface area (Å²) >= 11 is 0. The molecule has 5 rings (SSSR count). The Hall–Kier alpha value is -4.18. The van der Waals surface area contributed by atoms with Crippen molar-refractivity contribution < 1.29 is 13.2 Å². The van der Waals surface area contributed by atoms with Crippen LogP contribution in [-0.2, 0) is 21.4 Å². The SMILES string of the molecule is O=C(Nc1ccc2[nH]c(=O)n(Cc3ccc(S(=O)(=O)Nc4ccccc4)cc3)c(=O)c2c1)C1CC1. The smallest absolute Gasteiger partial charge is 0.326 e. The van der Waals surface area contributed by atoms with Gasteiger partial charge in [0.05, 0.1) is 22.3 Å². The number of nitrogens with one attached hydrogen (secondary N) is 3. The van der Waals surface area contributed by atoms with Crippen LogP contribution in [0.25, 0.3) is 10.9 Å². The highest BCUT2D eigenvalue weighted by Gasteiger charge is 2.29. The topological polar surface area (TPSA) is 130 Å². The van der Waals surface area contributed by atoms with E-state index in [0.29, 0.717) is 22.5 Å². The summed E-state index contributed by atoms with van der Waals surface area (Å²) in [5.74, 6) is -0.0569. The predicted octanol–water partition coefficient (Wildman–Crippen LogP) is 2.89. The molecule has 0 aliphatic heterocycles. The Bertz CT molecular complexity index is 1640. The Morgan fingerprint density at radius 2 is 1.66 bits per heavy atom. The molecule has 0 spiro atoms. The van der Waals surface area contributed by atoms with Crippen molar-refractivity contribution in [3.63, 3.8) is 0 Å². The minimum absolute atomic E-state index is 0.0209. The average Bonchev–Trinajstić information content (AvgIpc) is 3.69. The summed E-state index contributed by atoms with van der Waals surface area (Å²) in [5, 5.41) is 3.07. The Morgan fingerprint density at radius 3 is 2.34 bits per heavy atom. The van der Waals surface area contributed by atoms with E-state index < -0.39 is 21.3 Å². The Balaban J connectivity index is 1.40. The number of sulfonamides is 1. The van der Waals surface area contributed by atoms with E-state index in [-0.39, 0.29) is 28.7 Å². The number of nitrogens with zero attached hydrogens (tertiary/aromatic N) is 1. The molecule has 0 radical (unpaired) electrons. The summed E-state index contributed by atoms with van der Waals surface area (Å²) in [6.07, 6.45) is 1.73. The lowest BCUT2D eigenvalue weighted by molar-refractivity contribution is -0.117. The standard InChI is InChI=1S/C25H22N4O5S/c30-23(17-8-9-17)26-19-10-13-22-21(14-19)24(31)29(25(32)27-22)15-16-6-11-20(12-7-16)35(33,34)28-18-4-2-1-3-5-18/h1-7,10-14,17,28H,8-9,15H2,(H,26,30)(H,27,32). The second-order valence-corrected chi connectivity index (χ2v) is 10.1. The van der Waals surface area contributed by atoms with Crippen LogP contribution < -0.4 is 21.3 Å². The van der Waals surface area contributed by atoms with Gasteiger partial charge in [0, 0.05) is 17.3 Å². The van der Waals surface area contributed by atoms with Crippen LogP contribution in [-0.4, -0.2) is 23.9 Å². The predicted molar refractivity (Wildman–Crippen MR) is 133 cm³/mol. The normalized spacial score (nSPS) is 13.5. The average molecular weight is 491 g/mol. The first-order valence-corrected chi connectivity index (χ1v) is 12.5. The maximum Gasteiger partial charge on any atom is 0.329 e. The largest absolute Gasteiger partial charge is 0.329 e. The third kappa shape index (κ3) is 4.87. The lowest BCUT2D eigenvalue weighted by Gasteiger charge is -2.10. The third-order valence-electron chi connectivity index (χ3n) is 5.80. The third-order valence-corrected chi connectivity index (χ3v) is 7.20. The maximum atomic E-state index is 13.1. The highest BCUT2D eigenvalue weighted by molar-refractivity contribution is 7.92. The molecule has 0 saturated heterocycles. The summed E-state index contributed by atoms with van der Waals surface area (Å²) in [5.41, 5.74) is 0.792. The van der Waals surface area contributed by atoms with Crippen LogP contribution >= 0.6 is 0 Å². The molecular weight excluding hydrogens is 468 g/mol. The molecule has 35 heavy (non-hydrogen) atoms. The molecule has 178 valence electrons. The molecule has 1 aliphatic carbocycles. The number of aromatic nitrogens is 2. The number of hydrogen-bond acceptors (Lipinski definition) is 5. The van der Waals surface area contributed by atoms with Crippen LogP contribution in [0.3, 0.4) is 0 Å². The van der Waals surface area contributed by atoms with Gasteiger partial charge in [0.15, 0.2) is 0 Å². The van der Waals surface area contributed by atoms with Gasteiger partial charge in [-0.2, -0.15) is 0 Å². The van der Waals surface area contributed by atoms with Crippen molar-refractivity contribution in [1.82, 2.24) is 9.55 Å². The zero-order chi connectivity index (χ0) is 24.6. The first-order chi connectivity index (χ1) is 16.8. The molecule has 1 amide bonds. The molecule has 9 nitrogen and oxygen atoms in total. The fourth-order valence-electron chi connectivity index (χ4n) is 3.74. The number of para-hydroxylation sites is 1. The lowest BCUT2D eigenvalue weighted by Crippen LogP contribution is -2.35. The van der Waals surface area contributed by atoms with Crippen LogP contribution in [0.15, 0.2) is 87.3 Å². The number of carbonyl (C=O) groups excluding carboxylic acids is 1. The number of anilines is 2. The van der Waals surface area contributed by atoms with Gasteiger partial charge in [0.25, 0.3) is 15.6 Å². The molecule has 0 bridgehead atoms. The Labute approximate surface area is 200 Å². The summed E-state index contributed by atoms with van der Waals surface area (Å²) in [6.45, 7) is -0.0464. The van der Waals surface area contributed by atoms with Gasteiger partial charge in [0.1, 0.15) is 0 Å². The number of hydrogen-bond donors (Lipinski definition) is 3. The highest BCUT2D eigenvalue weighted by Crippen LogP contribution is 2.30. The second-order valence-electron chi connectivity index (χ2n) is 8.46. The van der Waals surface area contributed by atoms with Gasteiger partial charge in [-0.25, -0.2) is 13.2 Å². The molecule has 1 fully saturated rings. The van der Waals surface area contributed by atoms with E-state index in [1.807, 2.05) is 0 Å². The quantitative estimate of drug-likeness (QED) is 0.367. The molecule has 1 aromatic heterocycles. The summed E-state index contributed by atoms with van der Waals surface area (Å²) in [4.78, 5) is 40.5. The minimum Gasteiger partial charge on any atom is -0.326 e. The lowest BCUT2D eigenvalue weighted by atomic mass is 10.2. The molecule has 1 heterocycles. The van der Waals surface area contributed by atoms with Crippen LogP contribution in [0.5, 0.6) is 0 Å². The number of aromatic amines is 1. The van der Waals surface area contributed by atoms with Gasteiger partial charge < -0.3 is 10.3 Å². The van der Waals surface area contributed by atoms with Crippen molar-refractivity contribution in [3.8, 4) is 0 Å². The molecular formula is C25H22N4O5S. The van der Waals surface area contributed by atoms with Gasteiger partial charge in [-0.05, 0) is 60.9 Å². The van der Waals surface area contributed by atoms with Crippen molar-refractivity contribution in [2.75, 3.05) is 10.0 Å². The first-order valence-electron chi connectivity index (χ1n) is 11.0. The van der Waals surface area contributed by atoms with Gasteiger partial charge in [0.2, 0.25) is 5.91 Å². The Morgan fingerprint density at radius 1 is 0.943 bits per heavy atom. The van der Waals surface area contributed by atoms with E-state index in [2.05, 4.69) is 15.0 Å². The number of H-pyrrole nitrogens is 1. The van der Waals surface area contributed by atoms with Gasteiger partial charge in [-0.3, -0.25) is 18.9 Å². The van der Waals surface area contributed by atoms with Crippen LogP contribution in [0, 0.1) is 5.92 Å². The number of rotatable bonds is 7. The molecule has 1 aliphatic rings. The van der Waals surface area contributed by atoms with Crippen molar-refractivity contribution in [1.29, 1.82) is 0 Å². The van der Waals surface area contributed by atoms with Crippen molar-refractivity contribution in [3.05, 3.63) is 99.2 Å². The number of carbonyl (C=O) groups is 1. The van der Waals surface area contributed by atoms with Crippen molar-refractivity contribution in [2.45, 2.75) is 24.3 Å². The van der Waals surface area contributed by atoms with Gasteiger partial charge >= 0.3 is 5.69 Å². The number of benzene rings is 3. The van der Waals surface area contributed by atoms with E-state index in [0.717, 1.165) is 17.4 Å². The molecule has 1 saturated carbocycles. The minimum atomic E-state index is -3.79. The van der Waals surface area contributed by atoms with E-state index in [4.69, 9.17) is 0 Å². The van der Waals surface area contributed by atoms with Gasteiger partial charge in [-0.1, -0.05) is 30.3 Å². The fourth-order valence-corrected chi connectivity index (χ4v) is 4.80. The zero-order valence-electron chi connectivity index (χ0n) is 18.5. The number of amides is 1. The van der Waals surface area contributed by atoms with Crippen molar-refractivity contribution >= 4 is 38.2 Å². The molecule has 4 aromatic rings. The second kappa shape index (κ2) is 8.88. The van der Waals surface area contributed by atoms with Crippen molar-refractivity contribution in [2.24, 2.45) is 5.92 Å². The van der Waals surface area contributed by atoms with Crippen LogP contribution in [0.4, 0.5) is 11.4 Å². The summed E-state index contributed by atoms with van der Waals surface area (Å²) in [6, 6.07) is 19.3. The molecule has 0 atom stereocenters. The van der Waals surface area contributed by atoms with Gasteiger partial charge in [-0.15, -0.1) is 0 Å². The van der Waals surface area contributed by atoms with E-state index in [1.54, 1.807) is 60.7 Å². The highest BCUT2D eigenvalue weighted by atomic mass is 32.2.